The Morgan fingerprint density at radius 1 is 1.40 bits per heavy atom. The topological polar surface area (TPSA) is 63.9 Å². The number of aliphatic imine (C=N–C) groups is 1. The molecule has 0 radical (unpaired) electrons. The molecule has 8 heteroatoms. The Morgan fingerprint density at radius 2 is 2.23 bits per heavy atom. The molecule has 1 aromatic heterocycles. The fourth-order valence-corrected chi connectivity index (χ4v) is 3.24. The van der Waals surface area contributed by atoms with Crippen molar-refractivity contribution in [2.75, 3.05) is 32.8 Å². The van der Waals surface area contributed by atoms with Crippen LogP contribution in [0.1, 0.15) is 38.0 Å². The van der Waals surface area contributed by atoms with Gasteiger partial charge in [-0.05, 0) is 30.5 Å². The number of nitrogens with zero attached hydrogens (tertiary/aromatic N) is 4. The minimum Gasteiger partial charge on any atom is -0.493 e. The molecule has 166 valence electrons. The summed E-state index contributed by atoms with van der Waals surface area (Å²) in [6, 6.07) is 8.20. The number of hydrogen-bond acceptors (Lipinski definition) is 4. The molecule has 3 rings (SSSR count). The molecular formula is C22H34IN5O2. The van der Waals surface area contributed by atoms with Gasteiger partial charge in [-0.1, -0.05) is 26.0 Å². The highest BCUT2D eigenvalue weighted by atomic mass is 127. The van der Waals surface area contributed by atoms with Crippen molar-refractivity contribution >= 4 is 29.9 Å². The quantitative estimate of drug-likeness (QED) is 0.339. The molecule has 7 nitrogen and oxygen atoms in total. The Morgan fingerprint density at radius 3 is 2.93 bits per heavy atom. The summed E-state index contributed by atoms with van der Waals surface area (Å²) in [5.41, 5.74) is 2.24. The lowest BCUT2D eigenvalue weighted by atomic mass is 10.1. The number of aromatic nitrogens is 2. The standard InChI is InChI=1S/C22H33N5O2.HI/c1-5-23-22(24-12-18-7-6-8-20(11-18)29-16-17(2)3)27-9-10-28-21(15-27)19-13-25-26(4)14-19;/h6-8,11,13-14,17,21H,5,9-10,12,15-16H2,1-4H3,(H,23,24);1H. The van der Waals surface area contributed by atoms with E-state index in [4.69, 9.17) is 14.5 Å². The first-order valence-electron chi connectivity index (χ1n) is 10.4. The molecule has 2 heterocycles. The summed E-state index contributed by atoms with van der Waals surface area (Å²) in [5, 5.41) is 7.69. The first-order valence-corrected chi connectivity index (χ1v) is 10.4. The van der Waals surface area contributed by atoms with Crippen LogP contribution in [0.25, 0.3) is 0 Å². The number of guanidine groups is 1. The molecule has 1 unspecified atom stereocenters. The first-order chi connectivity index (χ1) is 14.0. The molecular weight excluding hydrogens is 493 g/mol. The summed E-state index contributed by atoms with van der Waals surface area (Å²) < 4.78 is 13.6. The summed E-state index contributed by atoms with van der Waals surface area (Å²) in [6.45, 7) is 10.8. The van der Waals surface area contributed by atoms with Crippen LogP contribution in [-0.4, -0.2) is 53.5 Å². The lowest BCUT2D eigenvalue weighted by Gasteiger charge is -2.34. The molecule has 1 aliphatic heterocycles. The summed E-state index contributed by atoms with van der Waals surface area (Å²) in [5.74, 6) is 2.32. The normalized spacial score (nSPS) is 17.0. The molecule has 1 N–H and O–H groups in total. The maximum absolute atomic E-state index is 5.97. The molecule has 2 aromatic rings. The third kappa shape index (κ3) is 7.16. The summed E-state index contributed by atoms with van der Waals surface area (Å²) in [4.78, 5) is 7.14. The van der Waals surface area contributed by atoms with Gasteiger partial charge in [-0.3, -0.25) is 4.68 Å². The van der Waals surface area contributed by atoms with Crippen molar-refractivity contribution in [3.63, 3.8) is 0 Å². The van der Waals surface area contributed by atoms with E-state index >= 15 is 0 Å². The van der Waals surface area contributed by atoms with Crippen molar-refractivity contribution in [3.8, 4) is 5.75 Å². The zero-order valence-corrected chi connectivity index (χ0v) is 20.7. The number of hydrogen-bond donors (Lipinski definition) is 1. The smallest absolute Gasteiger partial charge is 0.194 e. The summed E-state index contributed by atoms with van der Waals surface area (Å²) in [7, 11) is 1.93. The van der Waals surface area contributed by atoms with Gasteiger partial charge in [-0.15, -0.1) is 24.0 Å². The first kappa shape index (κ1) is 24.5. The van der Waals surface area contributed by atoms with Gasteiger partial charge in [0.05, 0.1) is 32.5 Å². The third-order valence-electron chi connectivity index (χ3n) is 4.69. The molecule has 0 spiro atoms. The molecule has 1 aromatic carbocycles. The van der Waals surface area contributed by atoms with E-state index in [0.29, 0.717) is 19.1 Å². The van der Waals surface area contributed by atoms with Crippen LogP contribution in [0.4, 0.5) is 0 Å². The van der Waals surface area contributed by atoms with Crippen molar-refractivity contribution in [3.05, 3.63) is 47.8 Å². The molecule has 1 saturated heterocycles. The van der Waals surface area contributed by atoms with Crippen LogP contribution < -0.4 is 10.1 Å². The Labute approximate surface area is 196 Å². The lowest BCUT2D eigenvalue weighted by Crippen LogP contribution is -2.48. The van der Waals surface area contributed by atoms with E-state index in [1.54, 1.807) is 0 Å². The second-order valence-electron chi connectivity index (χ2n) is 7.78. The van der Waals surface area contributed by atoms with Gasteiger partial charge in [0.25, 0.3) is 0 Å². The van der Waals surface area contributed by atoms with Crippen molar-refractivity contribution < 1.29 is 9.47 Å². The third-order valence-corrected chi connectivity index (χ3v) is 4.69. The molecule has 1 fully saturated rings. The van der Waals surface area contributed by atoms with Crippen LogP contribution in [0.15, 0.2) is 41.7 Å². The van der Waals surface area contributed by atoms with Gasteiger partial charge < -0.3 is 19.7 Å². The second kappa shape index (κ2) is 12.1. The van der Waals surface area contributed by atoms with Crippen LogP contribution in [0.5, 0.6) is 5.75 Å². The van der Waals surface area contributed by atoms with Crippen molar-refractivity contribution in [1.82, 2.24) is 20.0 Å². The Balaban J connectivity index is 0.00000320. The largest absolute Gasteiger partial charge is 0.493 e. The molecule has 0 amide bonds. The number of halogens is 1. The molecule has 0 saturated carbocycles. The Kier molecular flexibility index (Phi) is 9.90. The Bertz CT molecular complexity index is 808. The van der Waals surface area contributed by atoms with E-state index in [2.05, 4.69) is 48.2 Å². The fourth-order valence-electron chi connectivity index (χ4n) is 3.24. The SMILES string of the molecule is CCNC(=NCc1cccc(OCC(C)C)c1)N1CCOC(c2cnn(C)c2)C1.I. The highest BCUT2D eigenvalue weighted by Gasteiger charge is 2.25. The number of morpholine rings is 1. The van der Waals surface area contributed by atoms with E-state index in [1.165, 1.54) is 0 Å². The monoisotopic (exact) mass is 527 g/mol. The van der Waals surface area contributed by atoms with Gasteiger partial charge in [0.2, 0.25) is 0 Å². The molecule has 30 heavy (non-hydrogen) atoms. The summed E-state index contributed by atoms with van der Waals surface area (Å²) >= 11 is 0. The van der Waals surface area contributed by atoms with Gasteiger partial charge in [-0.25, -0.2) is 4.99 Å². The van der Waals surface area contributed by atoms with Gasteiger partial charge in [0.1, 0.15) is 11.9 Å². The molecule has 1 atom stereocenters. The van der Waals surface area contributed by atoms with E-state index in [9.17, 15) is 0 Å². The van der Waals surface area contributed by atoms with E-state index in [0.717, 1.165) is 49.1 Å². The van der Waals surface area contributed by atoms with E-state index < -0.39 is 0 Å². The van der Waals surface area contributed by atoms with Crippen molar-refractivity contribution in [1.29, 1.82) is 0 Å². The van der Waals surface area contributed by atoms with E-state index in [-0.39, 0.29) is 30.1 Å². The Hall–Kier alpha value is -1.81. The van der Waals surface area contributed by atoms with E-state index in [1.807, 2.05) is 36.3 Å². The number of benzene rings is 1. The average Bonchev–Trinajstić information content (AvgIpc) is 3.16. The van der Waals surface area contributed by atoms with Gasteiger partial charge in [0, 0.05) is 31.9 Å². The number of nitrogens with one attached hydrogen (secondary N) is 1. The molecule has 0 bridgehead atoms. The van der Waals surface area contributed by atoms with Crippen molar-refractivity contribution in [2.45, 2.75) is 33.4 Å². The van der Waals surface area contributed by atoms with Crippen LogP contribution in [0.2, 0.25) is 0 Å². The predicted molar refractivity (Wildman–Crippen MR) is 130 cm³/mol. The molecule has 0 aliphatic carbocycles. The number of aryl methyl sites for hydroxylation is 1. The zero-order chi connectivity index (χ0) is 20.6. The maximum Gasteiger partial charge on any atom is 0.194 e. The fraction of sp³-hybridized carbons (Fsp3) is 0.545. The highest BCUT2D eigenvalue weighted by molar-refractivity contribution is 14.0. The van der Waals surface area contributed by atoms with Gasteiger partial charge >= 0.3 is 0 Å². The minimum absolute atomic E-state index is 0. The maximum atomic E-state index is 5.97. The van der Waals surface area contributed by atoms with Crippen molar-refractivity contribution in [2.24, 2.45) is 18.0 Å². The number of rotatable bonds is 7. The minimum atomic E-state index is 0. The van der Waals surface area contributed by atoms with Gasteiger partial charge in [0.15, 0.2) is 5.96 Å². The van der Waals surface area contributed by atoms with Gasteiger partial charge in [-0.2, -0.15) is 5.10 Å². The number of ether oxygens (including phenoxy) is 2. The van der Waals surface area contributed by atoms with Crippen LogP contribution >= 0.6 is 24.0 Å². The predicted octanol–water partition coefficient (Wildman–Crippen LogP) is 3.61. The average molecular weight is 527 g/mol. The second-order valence-corrected chi connectivity index (χ2v) is 7.78. The zero-order valence-electron chi connectivity index (χ0n) is 18.4. The van der Waals surface area contributed by atoms with Crippen LogP contribution in [-0.2, 0) is 18.3 Å². The summed E-state index contributed by atoms with van der Waals surface area (Å²) in [6.07, 6.45) is 3.90. The lowest BCUT2D eigenvalue weighted by molar-refractivity contribution is -0.00805. The molecule has 1 aliphatic rings. The van der Waals surface area contributed by atoms with Crippen LogP contribution in [0, 0.1) is 5.92 Å². The van der Waals surface area contributed by atoms with Crippen LogP contribution in [0.3, 0.4) is 0 Å². The highest BCUT2D eigenvalue weighted by Crippen LogP contribution is 2.22.